The molecule has 1 aliphatic rings. The molecule has 132 valence electrons. The van der Waals surface area contributed by atoms with E-state index in [0.717, 1.165) is 25.0 Å². The molecule has 0 unspecified atom stereocenters. The Morgan fingerprint density at radius 3 is 2.88 bits per heavy atom. The number of carbonyl (C=O) groups is 1. The van der Waals surface area contributed by atoms with Gasteiger partial charge in [0.25, 0.3) is 5.91 Å². The van der Waals surface area contributed by atoms with Crippen LogP contribution in [0.15, 0.2) is 34.8 Å². The van der Waals surface area contributed by atoms with E-state index in [9.17, 15) is 9.59 Å². The molecule has 0 atom stereocenters. The van der Waals surface area contributed by atoms with Crippen molar-refractivity contribution in [2.75, 3.05) is 6.54 Å². The Bertz CT molecular complexity index is 880. The minimum Gasteiger partial charge on any atom is -0.352 e. The van der Waals surface area contributed by atoms with Crippen molar-refractivity contribution in [1.82, 2.24) is 14.9 Å². The second-order valence-electron chi connectivity index (χ2n) is 6.60. The van der Waals surface area contributed by atoms with Crippen LogP contribution in [0.1, 0.15) is 55.1 Å². The number of fused-ring (bicyclic) bond motifs is 1. The van der Waals surface area contributed by atoms with Crippen LogP contribution in [-0.4, -0.2) is 22.0 Å². The van der Waals surface area contributed by atoms with E-state index in [1.807, 2.05) is 18.4 Å². The highest BCUT2D eigenvalue weighted by Gasteiger charge is 2.16. The van der Waals surface area contributed by atoms with Crippen molar-refractivity contribution in [1.29, 1.82) is 0 Å². The van der Waals surface area contributed by atoms with Gasteiger partial charge in [0.2, 0.25) is 5.43 Å². The van der Waals surface area contributed by atoms with E-state index in [4.69, 9.17) is 0 Å². The minimum absolute atomic E-state index is 0.192. The van der Waals surface area contributed by atoms with Crippen LogP contribution in [0.2, 0.25) is 0 Å². The zero-order chi connectivity index (χ0) is 17.8. The van der Waals surface area contributed by atoms with Crippen LogP contribution in [0, 0.1) is 6.92 Å². The Labute approximate surface area is 147 Å². The summed E-state index contributed by atoms with van der Waals surface area (Å²) in [6.07, 6.45) is 9.54. The molecule has 0 aliphatic heterocycles. The molecule has 2 aromatic heterocycles. The predicted octanol–water partition coefficient (Wildman–Crippen LogP) is 3.35. The van der Waals surface area contributed by atoms with Gasteiger partial charge in [-0.2, -0.15) is 0 Å². The van der Waals surface area contributed by atoms with Gasteiger partial charge in [-0.3, -0.25) is 9.59 Å². The molecule has 1 aliphatic carbocycles. The first kappa shape index (κ1) is 17.4. The molecular weight excluding hydrogens is 314 g/mol. The average molecular weight is 339 g/mol. The van der Waals surface area contributed by atoms with Crippen molar-refractivity contribution in [3.8, 4) is 0 Å². The number of carbonyl (C=O) groups excluding carboxylic acids is 1. The lowest BCUT2D eigenvalue weighted by atomic mass is 9.97. The topological polar surface area (TPSA) is 64.0 Å². The van der Waals surface area contributed by atoms with Gasteiger partial charge in [-0.15, -0.1) is 0 Å². The third-order valence-corrected chi connectivity index (χ3v) is 4.76. The summed E-state index contributed by atoms with van der Waals surface area (Å²) in [5, 5.41) is 3.40. The summed E-state index contributed by atoms with van der Waals surface area (Å²) >= 11 is 0. The fourth-order valence-corrected chi connectivity index (χ4v) is 3.33. The lowest BCUT2D eigenvalue weighted by Crippen LogP contribution is -2.31. The summed E-state index contributed by atoms with van der Waals surface area (Å²) in [6, 6.07) is 3.57. The van der Waals surface area contributed by atoms with E-state index in [1.165, 1.54) is 18.4 Å². The molecule has 3 rings (SSSR count). The van der Waals surface area contributed by atoms with Crippen LogP contribution in [0.5, 0.6) is 0 Å². The lowest BCUT2D eigenvalue weighted by Gasteiger charge is -2.14. The summed E-state index contributed by atoms with van der Waals surface area (Å²) in [6.45, 7) is 5.09. The highest BCUT2D eigenvalue weighted by atomic mass is 16.2. The molecule has 1 amide bonds. The third-order valence-electron chi connectivity index (χ3n) is 4.76. The molecule has 25 heavy (non-hydrogen) atoms. The van der Waals surface area contributed by atoms with Crippen LogP contribution in [0.3, 0.4) is 0 Å². The van der Waals surface area contributed by atoms with E-state index in [-0.39, 0.29) is 16.9 Å². The monoisotopic (exact) mass is 339 g/mol. The number of aromatic nitrogens is 2. The van der Waals surface area contributed by atoms with Crippen LogP contribution in [0.25, 0.3) is 11.0 Å². The number of nitrogens with one attached hydrogen (secondary N) is 1. The Balaban J connectivity index is 1.81. The second-order valence-corrected chi connectivity index (χ2v) is 6.60. The van der Waals surface area contributed by atoms with Crippen molar-refractivity contribution in [3.05, 3.63) is 51.5 Å². The van der Waals surface area contributed by atoms with Crippen LogP contribution >= 0.6 is 0 Å². The molecule has 5 heteroatoms. The van der Waals surface area contributed by atoms with Gasteiger partial charge in [0.15, 0.2) is 0 Å². The maximum atomic E-state index is 12.7. The molecule has 0 fully saturated rings. The van der Waals surface area contributed by atoms with Crippen LogP contribution in [0.4, 0.5) is 0 Å². The molecule has 2 aromatic rings. The second kappa shape index (κ2) is 7.64. The van der Waals surface area contributed by atoms with Gasteiger partial charge < -0.3 is 9.88 Å². The number of nitrogens with zero attached hydrogens (tertiary/aromatic N) is 2. The first-order chi connectivity index (χ1) is 12.1. The average Bonchev–Trinajstić information content (AvgIpc) is 2.62. The number of hydrogen-bond acceptors (Lipinski definition) is 3. The zero-order valence-corrected chi connectivity index (χ0v) is 15.0. The quantitative estimate of drug-likeness (QED) is 0.850. The molecule has 0 bridgehead atoms. The Hall–Kier alpha value is -2.43. The molecule has 1 N–H and O–H groups in total. The van der Waals surface area contributed by atoms with Crippen LogP contribution < -0.4 is 10.7 Å². The van der Waals surface area contributed by atoms with Gasteiger partial charge in [-0.1, -0.05) is 11.6 Å². The number of pyridine rings is 2. The van der Waals surface area contributed by atoms with Gasteiger partial charge >= 0.3 is 0 Å². The minimum atomic E-state index is -0.300. The van der Waals surface area contributed by atoms with Crippen LogP contribution in [-0.2, 0) is 6.54 Å². The van der Waals surface area contributed by atoms with Gasteiger partial charge in [0.1, 0.15) is 11.2 Å². The van der Waals surface area contributed by atoms with Crippen molar-refractivity contribution in [3.63, 3.8) is 0 Å². The highest BCUT2D eigenvalue weighted by molar-refractivity contribution is 5.96. The number of amides is 1. The van der Waals surface area contributed by atoms with Gasteiger partial charge in [0.05, 0.1) is 5.39 Å². The number of hydrogen-bond donors (Lipinski definition) is 1. The van der Waals surface area contributed by atoms with Crippen molar-refractivity contribution in [2.45, 2.75) is 52.5 Å². The predicted molar refractivity (Wildman–Crippen MR) is 99.9 cm³/mol. The maximum Gasteiger partial charge on any atom is 0.256 e. The van der Waals surface area contributed by atoms with Crippen molar-refractivity contribution >= 4 is 16.9 Å². The number of allylic oxidation sites excluding steroid dienone is 1. The Morgan fingerprint density at radius 1 is 1.32 bits per heavy atom. The summed E-state index contributed by atoms with van der Waals surface area (Å²) < 4.78 is 1.86. The first-order valence-electron chi connectivity index (χ1n) is 9.07. The first-order valence-corrected chi connectivity index (χ1v) is 9.07. The molecule has 2 heterocycles. The standard InChI is InChI=1S/C20H25N3O2/c1-3-23-13-17(18(24)16-10-9-14(2)22-19(16)23)20(25)21-12-11-15-7-5-4-6-8-15/h7,9-10,13H,3-6,8,11-12H2,1-2H3,(H,21,25). The third kappa shape index (κ3) is 3.81. The van der Waals surface area contributed by atoms with E-state index >= 15 is 0 Å². The van der Waals surface area contributed by atoms with Crippen molar-refractivity contribution in [2.24, 2.45) is 0 Å². The molecule has 0 spiro atoms. The summed E-state index contributed by atoms with van der Waals surface area (Å²) in [4.78, 5) is 29.7. The van der Waals surface area contributed by atoms with Gasteiger partial charge in [0, 0.05) is 25.0 Å². The SMILES string of the molecule is CCn1cc(C(=O)NCCC2=CCCCC2)c(=O)c2ccc(C)nc21. The van der Waals surface area contributed by atoms with Gasteiger partial charge in [-0.25, -0.2) is 4.98 Å². The van der Waals surface area contributed by atoms with E-state index in [0.29, 0.717) is 24.1 Å². The summed E-state index contributed by atoms with van der Waals surface area (Å²) in [5.74, 6) is -0.300. The normalized spacial score (nSPS) is 14.4. The molecule has 0 saturated heterocycles. The molecule has 0 radical (unpaired) electrons. The maximum absolute atomic E-state index is 12.7. The smallest absolute Gasteiger partial charge is 0.256 e. The van der Waals surface area contributed by atoms with E-state index < -0.39 is 0 Å². The van der Waals surface area contributed by atoms with E-state index in [2.05, 4.69) is 16.4 Å². The molecule has 5 nitrogen and oxygen atoms in total. The summed E-state index contributed by atoms with van der Waals surface area (Å²) in [7, 11) is 0. The highest BCUT2D eigenvalue weighted by Crippen LogP contribution is 2.19. The number of rotatable bonds is 5. The molecule has 0 aromatic carbocycles. The molecular formula is C20H25N3O2. The van der Waals surface area contributed by atoms with Gasteiger partial charge in [-0.05, 0) is 58.1 Å². The largest absolute Gasteiger partial charge is 0.352 e. The number of aryl methyl sites for hydroxylation is 2. The molecule has 0 saturated carbocycles. The van der Waals surface area contributed by atoms with Crippen molar-refractivity contribution < 1.29 is 4.79 Å². The summed E-state index contributed by atoms with van der Waals surface area (Å²) in [5.41, 5.74) is 2.85. The zero-order valence-electron chi connectivity index (χ0n) is 15.0. The van der Waals surface area contributed by atoms with E-state index in [1.54, 1.807) is 18.3 Å². The Kier molecular flexibility index (Phi) is 5.31. The fourth-order valence-electron chi connectivity index (χ4n) is 3.33. The lowest BCUT2D eigenvalue weighted by molar-refractivity contribution is 0.0952. The fraction of sp³-hybridized carbons (Fsp3) is 0.450. The Morgan fingerprint density at radius 2 is 2.16 bits per heavy atom.